The lowest BCUT2D eigenvalue weighted by Crippen LogP contribution is -2.49. The standard InChI is InChI=1S/C12H19N3O3/c1-7(2)17-10-5-9(6-10)13-12(16)14-11-4-8(3)18-15-11/h4,7,9-10H,5-6H2,1-3H3,(H2,13,14,15,16). The Kier molecular flexibility index (Phi) is 3.86. The van der Waals surface area contributed by atoms with Crippen LogP contribution in [0.25, 0.3) is 0 Å². The number of rotatable bonds is 4. The van der Waals surface area contributed by atoms with Gasteiger partial charge in [-0.3, -0.25) is 5.32 Å². The maximum Gasteiger partial charge on any atom is 0.320 e. The first-order valence-corrected chi connectivity index (χ1v) is 6.19. The molecule has 18 heavy (non-hydrogen) atoms. The van der Waals surface area contributed by atoms with Crippen LogP contribution in [0.5, 0.6) is 0 Å². The van der Waals surface area contributed by atoms with Crippen LogP contribution < -0.4 is 10.6 Å². The number of aromatic nitrogens is 1. The van der Waals surface area contributed by atoms with E-state index in [9.17, 15) is 4.79 Å². The number of aryl methyl sites for hydroxylation is 1. The summed E-state index contributed by atoms with van der Waals surface area (Å²) in [6.45, 7) is 5.80. The van der Waals surface area contributed by atoms with Crippen LogP contribution in [0.2, 0.25) is 0 Å². The highest BCUT2D eigenvalue weighted by Crippen LogP contribution is 2.24. The zero-order chi connectivity index (χ0) is 13.1. The maximum atomic E-state index is 11.6. The number of nitrogens with one attached hydrogen (secondary N) is 2. The zero-order valence-corrected chi connectivity index (χ0v) is 10.9. The van der Waals surface area contributed by atoms with Crippen molar-refractivity contribution in [3.8, 4) is 0 Å². The predicted octanol–water partition coefficient (Wildman–Crippen LogP) is 2.06. The molecule has 1 aromatic rings. The number of ether oxygens (including phenoxy) is 1. The number of hydrogen-bond donors (Lipinski definition) is 2. The molecule has 2 amide bonds. The molecule has 2 rings (SSSR count). The van der Waals surface area contributed by atoms with Crippen molar-refractivity contribution in [2.24, 2.45) is 0 Å². The van der Waals surface area contributed by atoms with Gasteiger partial charge in [-0.15, -0.1) is 0 Å². The van der Waals surface area contributed by atoms with Crippen LogP contribution in [0.4, 0.5) is 10.6 Å². The fourth-order valence-electron chi connectivity index (χ4n) is 1.94. The molecular formula is C12H19N3O3. The highest BCUT2D eigenvalue weighted by Gasteiger charge is 2.31. The quantitative estimate of drug-likeness (QED) is 0.861. The average Bonchev–Trinajstić information content (AvgIpc) is 2.60. The van der Waals surface area contributed by atoms with Gasteiger partial charge in [-0.25, -0.2) is 4.79 Å². The Morgan fingerprint density at radius 2 is 2.28 bits per heavy atom. The van der Waals surface area contributed by atoms with Gasteiger partial charge in [0.15, 0.2) is 5.82 Å². The van der Waals surface area contributed by atoms with E-state index in [1.165, 1.54) is 0 Å². The molecule has 6 nitrogen and oxygen atoms in total. The van der Waals surface area contributed by atoms with Gasteiger partial charge in [0.25, 0.3) is 0 Å². The second kappa shape index (κ2) is 5.39. The van der Waals surface area contributed by atoms with Crippen LogP contribution in [0.15, 0.2) is 10.6 Å². The molecule has 0 radical (unpaired) electrons. The summed E-state index contributed by atoms with van der Waals surface area (Å²) < 4.78 is 10.5. The van der Waals surface area contributed by atoms with E-state index in [0.717, 1.165) is 12.8 Å². The largest absolute Gasteiger partial charge is 0.375 e. The summed E-state index contributed by atoms with van der Waals surface area (Å²) in [7, 11) is 0. The molecule has 1 fully saturated rings. The third kappa shape index (κ3) is 3.46. The number of nitrogens with zero attached hydrogens (tertiary/aromatic N) is 1. The van der Waals surface area contributed by atoms with Crippen molar-refractivity contribution in [1.82, 2.24) is 10.5 Å². The van der Waals surface area contributed by atoms with E-state index in [1.54, 1.807) is 13.0 Å². The fraction of sp³-hybridized carbons (Fsp3) is 0.667. The lowest BCUT2D eigenvalue weighted by Gasteiger charge is -2.36. The molecule has 0 aliphatic heterocycles. The molecule has 0 unspecified atom stereocenters. The molecule has 1 aliphatic rings. The van der Waals surface area contributed by atoms with Crippen molar-refractivity contribution < 1.29 is 14.1 Å². The second-order valence-corrected chi connectivity index (χ2v) is 4.90. The molecule has 2 N–H and O–H groups in total. The summed E-state index contributed by atoms with van der Waals surface area (Å²) in [4.78, 5) is 11.6. The first-order valence-electron chi connectivity index (χ1n) is 6.19. The lowest BCUT2D eigenvalue weighted by molar-refractivity contribution is -0.0473. The number of anilines is 1. The number of amides is 2. The predicted molar refractivity (Wildman–Crippen MR) is 66.4 cm³/mol. The molecule has 100 valence electrons. The SMILES string of the molecule is Cc1cc(NC(=O)NC2CC(OC(C)C)C2)no1. The van der Waals surface area contributed by atoms with Gasteiger partial charge in [0.05, 0.1) is 12.2 Å². The first-order chi connectivity index (χ1) is 8.52. The molecule has 0 aromatic carbocycles. The Morgan fingerprint density at radius 1 is 1.56 bits per heavy atom. The van der Waals surface area contributed by atoms with Crippen molar-refractivity contribution in [1.29, 1.82) is 0 Å². The molecule has 0 spiro atoms. The van der Waals surface area contributed by atoms with Crippen molar-refractivity contribution in [3.05, 3.63) is 11.8 Å². The van der Waals surface area contributed by atoms with E-state index in [1.807, 2.05) is 13.8 Å². The summed E-state index contributed by atoms with van der Waals surface area (Å²) in [5.41, 5.74) is 0. The molecule has 6 heteroatoms. The summed E-state index contributed by atoms with van der Waals surface area (Å²) in [6.07, 6.45) is 2.24. The smallest absolute Gasteiger partial charge is 0.320 e. The van der Waals surface area contributed by atoms with E-state index < -0.39 is 0 Å². The Hall–Kier alpha value is -1.56. The van der Waals surface area contributed by atoms with E-state index in [-0.39, 0.29) is 24.3 Å². The van der Waals surface area contributed by atoms with Gasteiger partial charge in [-0.2, -0.15) is 0 Å². The van der Waals surface area contributed by atoms with Gasteiger partial charge in [-0.05, 0) is 33.6 Å². The van der Waals surface area contributed by atoms with E-state index >= 15 is 0 Å². The Bertz CT molecular complexity index is 410. The maximum absolute atomic E-state index is 11.6. The topological polar surface area (TPSA) is 76.4 Å². The van der Waals surface area contributed by atoms with Gasteiger partial charge in [-0.1, -0.05) is 5.16 Å². The first kappa shape index (κ1) is 12.9. The summed E-state index contributed by atoms with van der Waals surface area (Å²) >= 11 is 0. The monoisotopic (exact) mass is 253 g/mol. The molecule has 1 saturated carbocycles. The van der Waals surface area contributed by atoms with E-state index in [4.69, 9.17) is 9.26 Å². The minimum atomic E-state index is -0.253. The number of hydrogen-bond acceptors (Lipinski definition) is 4. The summed E-state index contributed by atoms with van der Waals surface area (Å²) in [5.74, 6) is 1.10. The van der Waals surface area contributed by atoms with Gasteiger partial charge in [0.1, 0.15) is 5.76 Å². The van der Waals surface area contributed by atoms with Crippen molar-refractivity contribution >= 4 is 11.8 Å². The van der Waals surface area contributed by atoms with E-state index in [2.05, 4.69) is 15.8 Å². The molecule has 0 saturated heterocycles. The molecule has 1 aliphatic carbocycles. The fourth-order valence-corrected chi connectivity index (χ4v) is 1.94. The highest BCUT2D eigenvalue weighted by molar-refractivity contribution is 5.88. The number of urea groups is 1. The number of carbonyl (C=O) groups is 1. The summed E-state index contributed by atoms with van der Waals surface area (Å²) in [5, 5.41) is 9.18. The van der Waals surface area contributed by atoms with Crippen molar-refractivity contribution in [2.45, 2.75) is 51.9 Å². The molecule has 1 aromatic heterocycles. The highest BCUT2D eigenvalue weighted by atomic mass is 16.5. The third-order valence-electron chi connectivity index (χ3n) is 2.76. The Balaban J connectivity index is 1.67. The van der Waals surface area contributed by atoms with Crippen molar-refractivity contribution in [2.75, 3.05) is 5.32 Å². The molecule has 1 heterocycles. The normalized spacial score (nSPS) is 22.7. The average molecular weight is 253 g/mol. The molecular weight excluding hydrogens is 234 g/mol. The van der Waals surface area contributed by atoms with Crippen LogP contribution in [0, 0.1) is 6.92 Å². The molecule has 0 bridgehead atoms. The lowest BCUT2D eigenvalue weighted by atomic mass is 9.89. The van der Waals surface area contributed by atoms with Crippen LogP contribution in [0.1, 0.15) is 32.4 Å². The summed E-state index contributed by atoms with van der Waals surface area (Å²) in [6, 6.07) is 1.60. The zero-order valence-electron chi connectivity index (χ0n) is 10.9. The van der Waals surface area contributed by atoms with Gasteiger partial charge >= 0.3 is 6.03 Å². The molecule has 0 atom stereocenters. The van der Waals surface area contributed by atoms with Crippen LogP contribution in [-0.2, 0) is 4.74 Å². The van der Waals surface area contributed by atoms with Gasteiger partial charge in [0.2, 0.25) is 0 Å². The van der Waals surface area contributed by atoms with Crippen molar-refractivity contribution in [3.63, 3.8) is 0 Å². The van der Waals surface area contributed by atoms with Crippen LogP contribution in [0.3, 0.4) is 0 Å². The Morgan fingerprint density at radius 3 is 2.83 bits per heavy atom. The van der Waals surface area contributed by atoms with Gasteiger partial charge in [0, 0.05) is 12.1 Å². The Labute approximate surface area is 106 Å². The van der Waals surface area contributed by atoms with Gasteiger partial charge < -0.3 is 14.6 Å². The minimum absolute atomic E-state index is 0.182. The number of carbonyl (C=O) groups excluding carboxylic acids is 1. The second-order valence-electron chi connectivity index (χ2n) is 4.90. The van der Waals surface area contributed by atoms with Crippen LogP contribution in [-0.4, -0.2) is 29.4 Å². The third-order valence-corrected chi connectivity index (χ3v) is 2.76. The minimum Gasteiger partial charge on any atom is -0.375 e. The van der Waals surface area contributed by atoms with Crippen LogP contribution >= 0.6 is 0 Å². The van der Waals surface area contributed by atoms with E-state index in [0.29, 0.717) is 11.6 Å².